The van der Waals surface area contributed by atoms with Crippen LogP contribution in [0.25, 0.3) is 0 Å². The van der Waals surface area contributed by atoms with Gasteiger partial charge in [-0.05, 0) is 11.6 Å². The van der Waals surface area contributed by atoms with Crippen LogP contribution in [0.3, 0.4) is 0 Å². The lowest BCUT2D eigenvalue weighted by atomic mass is 9.99. The van der Waals surface area contributed by atoms with Crippen LogP contribution in [-0.2, 0) is 6.32 Å². The molecule has 1 heterocycles. The molecule has 4 heteroatoms. The topological polar surface area (TPSA) is 12.9 Å². The molecule has 0 saturated carbocycles. The second-order valence-electron chi connectivity index (χ2n) is 1.82. The van der Waals surface area contributed by atoms with Crippen molar-refractivity contribution in [3.05, 3.63) is 28.8 Å². The molecule has 0 aliphatic heterocycles. The zero-order valence-corrected chi connectivity index (χ0v) is 5.90. The lowest BCUT2D eigenvalue weighted by Crippen LogP contribution is -1.88. The second-order valence-corrected chi connectivity index (χ2v) is 2.18. The van der Waals surface area contributed by atoms with Crippen LogP contribution in [0.15, 0.2) is 12.3 Å². The van der Waals surface area contributed by atoms with Gasteiger partial charge in [-0.2, -0.15) is 0 Å². The standard InChI is InChI=1S/C6H4BClFN/c7-2-4-1-5(9)6(8)10-3-4/h1,3H,2H2. The smallest absolute Gasteiger partial charge is 0.164 e. The first-order valence-corrected chi connectivity index (χ1v) is 3.12. The van der Waals surface area contributed by atoms with E-state index in [9.17, 15) is 4.39 Å². The fourth-order valence-electron chi connectivity index (χ4n) is 0.572. The number of halogens is 2. The molecule has 0 N–H and O–H groups in total. The van der Waals surface area contributed by atoms with Gasteiger partial charge in [0.25, 0.3) is 0 Å². The first kappa shape index (κ1) is 7.54. The van der Waals surface area contributed by atoms with E-state index >= 15 is 0 Å². The molecular weight excluding hydrogens is 151 g/mol. The van der Waals surface area contributed by atoms with Crippen molar-refractivity contribution in [1.82, 2.24) is 4.98 Å². The van der Waals surface area contributed by atoms with E-state index in [0.29, 0.717) is 5.56 Å². The molecule has 0 unspecified atom stereocenters. The van der Waals surface area contributed by atoms with E-state index in [0.717, 1.165) is 0 Å². The Morgan fingerprint density at radius 1 is 1.70 bits per heavy atom. The Bertz CT molecular complexity index is 241. The summed E-state index contributed by atoms with van der Waals surface area (Å²) in [6.45, 7) is 0. The SMILES string of the molecule is [B]Cc1cnc(Cl)c(F)c1. The average molecular weight is 155 g/mol. The van der Waals surface area contributed by atoms with Crippen molar-refractivity contribution >= 4 is 19.4 Å². The molecule has 0 aliphatic carbocycles. The van der Waals surface area contributed by atoms with E-state index in [2.05, 4.69) is 4.98 Å². The largest absolute Gasteiger partial charge is 0.241 e. The van der Waals surface area contributed by atoms with Crippen LogP contribution >= 0.6 is 11.6 Å². The zero-order chi connectivity index (χ0) is 7.56. The lowest BCUT2D eigenvalue weighted by molar-refractivity contribution is 0.620. The summed E-state index contributed by atoms with van der Waals surface area (Å²) in [6, 6.07) is 1.27. The molecular formula is C6H4BClFN. The van der Waals surface area contributed by atoms with Crippen molar-refractivity contribution in [2.45, 2.75) is 6.32 Å². The van der Waals surface area contributed by atoms with Gasteiger partial charge in [0.2, 0.25) is 0 Å². The first-order chi connectivity index (χ1) is 4.74. The molecule has 1 nitrogen and oxygen atoms in total. The molecule has 1 rings (SSSR count). The van der Waals surface area contributed by atoms with Gasteiger partial charge in [0.15, 0.2) is 11.0 Å². The Hall–Kier alpha value is -0.565. The van der Waals surface area contributed by atoms with Crippen molar-refractivity contribution in [3.8, 4) is 0 Å². The third-order valence-electron chi connectivity index (χ3n) is 1.09. The predicted molar refractivity (Wildman–Crippen MR) is 38.7 cm³/mol. The third kappa shape index (κ3) is 1.48. The van der Waals surface area contributed by atoms with Crippen LogP contribution in [0.4, 0.5) is 4.39 Å². The van der Waals surface area contributed by atoms with E-state index < -0.39 is 5.82 Å². The summed E-state index contributed by atoms with van der Waals surface area (Å²) in [5.41, 5.74) is 0.641. The minimum Gasteiger partial charge on any atom is -0.241 e. The fraction of sp³-hybridized carbons (Fsp3) is 0.167. The number of hydrogen-bond donors (Lipinski definition) is 0. The average Bonchev–Trinajstić information content (AvgIpc) is 1.95. The highest BCUT2D eigenvalue weighted by Crippen LogP contribution is 2.11. The monoisotopic (exact) mass is 155 g/mol. The molecule has 0 aromatic carbocycles. The molecule has 0 spiro atoms. The van der Waals surface area contributed by atoms with Gasteiger partial charge in [0.1, 0.15) is 0 Å². The van der Waals surface area contributed by atoms with Crippen molar-refractivity contribution in [2.24, 2.45) is 0 Å². The van der Waals surface area contributed by atoms with E-state index in [1.54, 1.807) is 0 Å². The summed E-state index contributed by atoms with van der Waals surface area (Å²) in [5.74, 6) is -0.524. The van der Waals surface area contributed by atoms with E-state index in [4.69, 9.17) is 19.4 Å². The summed E-state index contributed by atoms with van der Waals surface area (Å²) >= 11 is 5.31. The van der Waals surface area contributed by atoms with Gasteiger partial charge in [0.05, 0.1) is 7.85 Å². The Labute approximate surface area is 64.6 Å². The normalized spacial score (nSPS) is 9.80. The molecule has 50 valence electrons. The molecule has 1 aromatic rings. The quantitative estimate of drug-likeness (QED) is 0.443. The van der Waals surface area contributed by atoms with Gasteiger partial charge in [-0.1, -0.05) is 17.9 Å². The molecule has 0 aliphatic rings. The molecule has 0 amide bonds. The van der Waals surface area contributed by atoms with Gasteiger partial charge in [-0.15, -0.1) is 0 Å². The van der Waals surface area contributed by atoms with Crippen LogP contribution in [0, 0.1) is 5.82 Å². The van der Waals surface area contributed by atoms with E-state index in [1.807, 2.05) is 0 Å². The van der Waals surface area contributed by atoms with Crippen LogP contribution in [-0.4, -0.2) is 12.8 Å². The number of hydrogen-bond acceptors (Lipinski definition) is 1. The molecule has 1 aromatic heterocycles. The molecule has 0 atom stereocenters. The highest BCUT2D eigenvalue weighted by atomic mass is 35.5. The Morgan fingerprint density at radius 2 is 2.40 bits per heavy atom. The molecule has 0 fully saturated rings. The minimum atomic E-state index is -0.524. The van der Waals surface area contributed by atoms with Gasteiger partial charge in [0, 0.05) is 6.20 Å². The van der Waals surface area contributed by atoms with Crippen molar-refractivity contribution in [2.75, 3.05) is 0 Å². The Kier molecular flexibility index (Phi) is 2.27. The predicted octanol–water partition coefficient (Wildman–Crippen LogP) is 1.54. The summed E-state index contributed by atoms with van der Waals surface area (Å²) in [7, 11) is 5.22. The second kappa shape index (κ2) is 3.02. The molecule has 0 bridgehead atoms. The highest BCUT2D eigenvalue weighted by molar-refractivity contribution is 6.29. The lowest BCUT2D eigenvalue weighted by Gasteiger charge is -1.95. The summed E-state index contributed by atoms with van der Waals surface area (Å²) in [4.78, 5) is 3.56. The van der Waals surface area contributed by atoms with Crippen LogP contribution < -0.4 is 0 Å². The van der Waals surface area contributed by atoms with E-state index in [1.165, 1.54) is 12.3 Å². The van der Waals surface area contributed by atoms with Crippen molar-refractivity contribution in [1.29, 1.82) is 0 Å². The Morgan fingerprint density at radius 3 is 2.90 bits per heavy atom. The number of pyridine rings is 1. The number of aromatic nitrogens is 1. The van der Waals surface area contributed by atoms with E-state index in [-0.39, 0.29) is 11.5 Å². The van der Waals surface area contributed by atoms with Crippen molar-refractivity contribution in [3.63, 3.8) is 0 Å². The van der Waals surface area contributed by atoms with Gasteiger partial charge >= 0.3 is 0 Å². The van der Waals surface area contributed by atoms with Crippen molar-refractivity contribution < 1.29 is 4.39 Å². The summed E-state index contributed by atoms with van der Waals surface area (Å²) in [5, 5.41) is -0.114. The van der Waals surface area contributed by atoms with Crippen LogP contribution in [0.2, 0.25) is 5.15 Å². The van der Waals surface area contributed by atoms with Gasteiger partial charge < -0.3 is 0 Å². The van der Waals surface area contributed by atoms with Gasteiger partial charge in [-0.25, -0.2) is 9.37 Å². The van der Waals surface area contributed by atoms with Gasteiger partial charge in [-0.3, -0.25) is 0 Å². The summed E-state index contributed by atoms with van der Waals surface area (Å²) in [6.07, 6.45) is 1.73. The molecule has 0 saturated heterocycles. The first-order valence-electron chi connectivity index (χ1n) is 2.74. The molecule has 2 radical (unpaired) electrons. The van der Waals surface area contributed by atoms with Crippen LogP contribution in [0.5, 0.6) is 0 Å². The summed E-state index contributed by atoms with van der Waals surface area (Å²) < 4.78 is 12.5. The highest BCUT2D eigenvalue weighted by Gasteiger charge is 1.99. The zero-order valence-electron chi connectivity index (χ0n) is 5.14. The minimum absolute atomic E-state index is 0.114. The Balaban J connectivity index is 3.04. The third-order valence-corrected chi connectivity index (χ3v) is 1.37. The maximum absolute atomic E-state index is 12.5. The maximum Gasteiger partial charge on any atom is 0.164 e. The fourth-order valence-corrected chi connectivity index (χ4v) is 0.676. The number of nitrogens with zero attached hydrogens (tertiary/aromatic N) is 1. The number of rotatable bonds is 1. The maximum atomic E-state index is 12.5. The molecule has 10 heavy (non-hydrogen) atoms. The van der Waals surface area contributed by atoms with Crippen LogP contribution in [0.1, 0.15) is 5.56 Å².